The van der Waals surface area contributed by atoms with E-state index in [9.17, 15) is 8.42 Å². The van der Waals surface area contributed by atoms with Crippen LogP contribution in [0, 0.1) is 5.92 Å². The first-order valence-electron chi connectivity index (χ1n) is 9.20. The molecule has 0 rings (SSSR count). The molecule has 0 aliphatic heterocycles. The Morgan fingerprint density at radius 1 is 1.12 bits per heavy atom. The summed E-state index contributed by atoms with van der Waals surface area (Å²) in [4.78, 5) is 4.56. The standard InChI is InChI=1S/C17H38N4O2S.HI/c1-7-18-17(20-16(5)12-9-11-15(3)4)19-13-10-14-21(8-2)24(6,22)23;/h15-16H,7-14H2,1-6H3,(H2,18,19,20);1H. The van der Waals surface area contributed by atoms with E-state index in [-0.39, 0.29) is 24.0 Å². The molecular formula is C17H39IN4O2S. The van der Waals surface area contributed by atoms with Gasteiger partial charge in [-0.2, -0.15) is 0 Å². The summed E-state index contributed by atoms with van der Waals surface area (Å²) in [5.74, 6) is 1.56. The maximum Gasteiger partial charge on any atom is 0.211 e. The van der Waals surface area contributed by atoms with Crippen LogP contribution in [-0.2, 0) is 10.0 Å². The molecule has 2 N–H and O–H groups in total. The van der Waals surface area contributed by atoms with Gasteiger partial charge in [0.2, 0.25) is 10.0 Å². The smallest absolute Gasteiger partial charge is 0.211 e. The van der Waals surface area contributed by atoms with Crippen LogP contribution in [0.5, 0.6) is 0 Å². The number of nitrogens with zero attached hydrogens (tertiary/aromatic N) is 2. The lowest BCUT2D eigenvalue weighted by Crippen LogP contribution is -2.42. The van der Waals surface area contributed by atoms with Gasteiger partial charge in [-0.15, -0.1) is 24.0 Å². The van der Waals surface area contributed by atoms with Crippen LogP contribution in [0.2, 0.25) is 0 Å². The van der Waals surface area contributed by atoms with Gasteiger partial charge < -0.3 is 10.6 Å². The predicted molar refractivity (Wildman–Crippen MR) is 119 cm³/mol. The highest BCUT2D eigenvalue weighted by molar-refractivity contribution is 14.0. The first-order chi connectivity index (χ1) is 11.2. The molecule has 6 nitrogen and oxygen atoms in total. The molecule has 0 spiro atoms. The Morgan fingerprint density at radius 2 is 1.76 bits per heavy atom. The number of hydrogen-bond donors (Lipinski definition) is 2. The molecule has 1 atom stereocenters. The fraction of sp³-hybridized carbons (Fsp3) is 0.941. The zero-order chi connectivity index (χ0) is 18.6. The largest absolute Gasteiger partial charge is 0.357 e. The lowest BCUT2D eigenvalue weighted by Gasteiger charge is -2.19. The highest BCUT2D eigenvalue weighted by atomic mass is 127. The van der Waals surface area contributed by atoms with Crippen LogP contribution in [-0.4, -0.2) is 57.2 Å². The summed E-state index contributed by atoms with van der Waals surface area (Å²) in [5, 5.41) is 6.68. The Balaban J connectivity index is 0. The van der Waals surface area contributed by atoms with Gasteiger partial charge in [0.05, 0.1) is 6.26 Å². The quantitative estimate of drug-likeness (QED) is 0.191. The number of hydrogen-bond acceptors (Lipinski definition) is 3. The van der Waals surface area contributed by atoms with Crippen molar-refractivity contribution in [1.29, 1.82) is 0 Å². The molecule has 0 radical (unpaired) electrons. The molecule has 1 unspecified atom stereocenters. The van der Waals surface area contributed by atoms with E-state index in [4.69, 9.17) is 0 Å². The first-order valence-corrected chi connectivity index (χ1v) is 11.0. The topological polar surface area (TPSA) is 73.8 Å². The molecule has 0 aromatic rings. The monoisotopic (exact) mass is 490 g/mol. The summed E-state index contributed by atoms with van der Waals surface area (Å²) >= 11 is 0. The molecule has 0 aromatic carbocycles. The highest BCUT2D eigenvalue weighted by Crippen LogP contribution is 2.08. The van der Waals surface area contributed by atoms with Crippen molar-refractivity contribution in [2.45, 2.75) is 66.3 Å². The van der Waals surface area contributed by atoms with Crippen LogP contribution < -0.4 is 10.6 Å². The average molecular weight is 490 g/mol. The van der Waals surface area contributed by atoms with Gasteiger partial charge >= 0.3 is 0 Å². The van der Waals surface area contributed by atoms with E-state index in [2.05, 4.69) is 36.4 Å². The van der Waals surface area contributed by atoms with Crippen molar-refractivity contribution >= 4 is 40.0 Å². The average Bonchev–Trinajstić information content (AvgIpc) is 2.45. The lowest BCUT2D eigenvalue weighted by atomic mass is 10.0. The van der Waals surface area contributed by atoms with Crippen molar-refractivity contribution in [2.75, 3.05) is 32.4 Å². The van der Waals surface area contributed by atoms with Crippen LogP contribution in [0.25, 0.3) is 0 Å². The number of aliphatic imine (C=N–C) groups is 1. The molecule has 0 aliphatic rings. The number of rotatable bonds is 12. The Kier molecular flexibility index (Phi) is 16.3. The van der Waals surface area contributed by atoms with Gasteiger partial charge in [0, 0.05) is 32.2 Å². The minimum absolute atomic E-state index is 0. The summed E-state index contributed by atoms with van der Waals surface area (Å²) in [6.07, 6.45) is 5.56. The van der Waals surface area contributed by atoms with Gasteiger partial charge in [-0.3, -0.25) is 4.99 Å². The molecule has 0 bridgehead atoms. The van der Waals surface area contributed by atoms with Crippen LogP contribution in [0.1, 0.15) is 60.3 Å². The van der Waals surface area contributed by atoms with Gasteiger partial charge in [0.15, 0.2) is 5.96 Å². The molecule has 8 heteroatoms. The lowest BCUT2D eigenvalue weighted by molar-refractivity contribution is 0.427. The van der Waals surface area contributed by atoms with E-state index in [1.54, 1.807) is 0 Å². The van der Waals surface area contributed by atoms with Crippen molar-refractivity contribution in [2.24, 2.45) is 10.9 Å². The summed E-state index contributed by atoms with van der Waals surface area (Å²) in [6.45, 7) is 13.0. The SMILES string of the molecule is CCNC(=NCCCN(CC)S(C)(=O)=O)NC(C)CCCC(C)C.I. The van der Waals surface area contributed by atoms with Crippen molar-refractivity contribution < 1.29 is 8.42 Å². The Labute approximate surface area is 172 Å². The van der Waals surface area contributed by atoms with E-state index in [1.807, 2.05) is 13.8 Å². The zero-order valence-electron chi connectivity index (χ0n) is 16.8. The number of sulfonamides is 1. The van der Waals surface area contributed by atoms with Gasteiger partial charge in [-0.25, -0.2) is 12.7 Å². The fourth-order valence-corrected chi connectivity index (χ4v) is 3.38. The third-order valence-corrected chi connectivity index (χ3v) is 5.18. The highest BCUT2D eigenvalue weighted by Gasteiger charge is 2.13. The third-order valence-electron chi connectivity index (χ3n) is 3.80. The van der Waals surface area contributed by atoms with E-state index < -0.39 is 10.0 Å². The molecule has 0 aromatic heterocycles. The molecule has 0 aliphatic carbocycles. The zero-order valence-corrected chi connectivity index (χ0v) is 20.0. The summed E-state index contributed by atoms with van der Waals surface area (Å²) in [6, 6.07) is 0.379. The first kappa shape index (κ1) is 27.1. The van der Waals surface area contributed by atoms with Crippen LogP contribution in [0.3, 0.4) is 0 Å². The Morgan fingerprint density at radius 3 is 2.24 bits per heavy atom. The van der Waals surface area contributed by atoms with E-state index in [0.29, 0.717) is 25.7 Å². The number of nitrogens with one attached hydrogen (secondary N) is 2. The summed E-state index contributed by atoms with van der Waals surface area (Å²) < 4.78 is 24.6. The minimum atomic E-state index is -3.11. The second kappa shape index (κ2) is 15.0. The Bertz CT molecular complexity index is 456. The number of guanidine groups is 1. The van der Waals surface area contributed by atoms with E-state index in [1.165, 1.54) is 23.4 Å². The van der Waals surface area contributed by atoms with Gasteiger partial charge in [0.1, 0.15) is 0 Å². The van der Waals surface area contributed by atoms with E-state index >= 15 is 0 Å². The van der Waals surface area contributed by atoms with Crippen molar-refractivity contribution in [3.63, 3.8) is 0 Å². The van der Waals surface area contributed by atoms with Crippen LogP contribution in [0.15, 0.2) is 4.99 Å². The van der Waals surface area contributed by atoms with Crippen molar-refractivity contribution in [3.05, 3.63) is 0 Å². The predicted octanol–water partition coefficient (Wildman–Crippen LogP) is 3.05. The Hall–Kier alpha value is -0.0900. The second-order valence-electron chi connectivity index (χ2n) is 6.74. The maximum absolute atomic E-state index is 11.6. The molecule has 0 saturated carbocycles. The molecule has 152 valence electrons. The number of halogens is 1. The van der Waals surface area contributed by atoms with Gasteiger partial charge in [-0.1, -0.05) is 33.6 Å². The van der Waals surface area contributed by atoms with Crippen molar-refractivity contribution in [3.8, 4) is 0 Å². The normalized spacial score (nSPS) is 13.7. The van der Waals surface area contributed by atoms with Gasteiger partial charge in [0.25, 0.3) is 0 Å². The third kappa shape index (κ3) is 14.7. The van der Waals surface area contributed by atoms with Crippen LogP contribution >= 0.6 is 24.0 Å². The molecule has 0 fully saturated rings. The van der Waals surface area contributed by atoms with Gasteiger partial charge in [-0.05, 0) is 32.6 Å². The molecule has 25 heavy (non-hydrogen) atoms. The summed E-state index contributed by atoms with van der Waals surface area (Å²) in [7, 11) is -3.11. The maximum atomic E-state index is 11.6. The molecule has 0 saturated heterocycles. The van der Waals surface area contributed by atoms with Crippen molar-refractivity contribution in [1.82, 2.24) is 14.9 Å². The summed E-state index contributed by atoms with van der Waals surface area (Å²) in [5.41, 5.74) is 0. The van der Waals surface area contributed by atoms with Crippen LogP contribution in [0.4, 0.5) is 0 Å². The molecular weight excluding hydrogens is 451 g/mol. The molecule has 0 heterocycles. The molecule has 0 amide bonds. The second-order valence-corrected chi connectivity index (χ2v) is 8.72. The minimum Gasteiger partial charge on any atom is -0.357 e. The fourth-order valence-electron chi connectivity index (χ4n) is 2.45. The van der Waals surface area contributed by atoms with E-state index in [0.717, 1.165) is 31.3 Å².